The SMILES string of the molecule is C/C(C=O)=C(\C)C(=O)CCOCC(F)(F)F. The molecule has 0 aliphatic heterocycles. The molecule has 0 spiro atoms. The van der Waals surface area contributed by atoms with E-state index in [9.17, 15) is 22.8 Å². The summed E-state index contributed by atoms with van der Waals surface area (Å²) in [4.78, 5) is 21.6. The highest BCUT2D eigenvalue weighted by Gasteiger charge is 2.27. The van der Waals surface area contributed by atoms with E-state index in [0.717, 1.165) is 0 Å². The van der Waals surface area contributed by atoms with Crippen LogP contribution in [0.1, 0.15) is 20.3 Å². The Morgan fingerprint density at radius 1 is 1.31 bits per heavy atom. The van der Waals surface area contributed by atoms with Crippen molar-refractivity contribution in [2.75, 3.05) is 13.2 Å². The molecular weight excluding hydrogens is 225 g/mol. The maximum absolute atomic E-state index is 11.7. The van der Waals surface area contributed by atoms with Gasteiger partial charge >= 0.3 is 6.18 Å². The fourth-order valence-electron chi connectivity index (χ4n) is 0.849. The first-order valence-corrected chi connectivity index (χ1v) is 4.58. The molecule has 0 unspecified atom stereocenters. The first-order chi connectivity index (χ1) is 7.28. The largest absolute Gasteiger partial charge is 0.411 e. The van der Waals surface area contributed by atoms with Gasteiger partial charge in [-0.2, -0.15) is 13.2 Å². The minimum atomic E-state index is -4.38. The Morgan fingerprint density at radius 2 is 1.88 bits per heavy atom. The molecule has 0 saturated heterocycles. The van der Waals surface area contributed by atoms with Crippen LogP contribution in [-0.2, 0) is 14.3 Å². The van der Waals surface area contributed by atoms with Gasteiger partial charge in [0.25, 0.3) is 0 Å². The van der Waals surface area contributed by atoms with Crippen molar-refractivity contribution in [3.63, 3.8) is 0 Å². The molecule has 0 aliphatic carbocycles. The van der Waals surface area contributed by atoms with Gasteiger partial charge in [-0.05, 0) is 25.0 Å². The van der Waals surface area contributed by atoms with Gasteiger partial charge in [-0.1, -0.05) is 0 Å². The van der Waals surface area contributed by atoms with Gasteiger partial charge in [0.1, 0.15) is 12.9 Å². The highest BCUT2D eigenvalue weighted by atomic mass is 19.4. The first kappa shape index (κ1) is 14.8. The molecule has 0 fully saturated rings. The lowest BCUT2D eigenvalue weighted by molar-refractivity contribution is -0.174. The van der Waals surface area contributed by atoms with Crippen molar-refractivity contribution in [3.8, 4) is 0 Å². The monoisotopic (exact) mass is 238 g/mol. The van der Waals surface area contributed by atoms with Gasteiger partial charge in [-0.25, -0.2) is 0 Å². The quantitative estimate of drug-likeness (QED) is 0.404. The maximum atomic E-state index is 11.7. The second kappa shape index (κ2) is 6.42. The van der Waals surface area contributed by atoms with E-state index in [-0.39, 0.29) is 30.0 Å². The number of carbonyl (C=O) groups is 2. The third kappa shape index (κ3) is 6.34. The van der Waals surface area contributed by atoms with E-state index in [4.69, 9.17) is 0 Å². The second-order valence-electron chi connectivity index (χ2n) is 3.27. The number of Topliss-reactive ketones (excluding diaryl/α,β-unsaturated/α-hetero) is 1. The van der Waals surface area contributed by atoms with Crippen molar-refractivity contribution < 1.29 is 27.5 Å². The summed E-state index contributed by atoms with van der Waals surface area (Å²) in [6.45, 7) is 1.25. The van der Waals surface area contributed by atoms with Crippen LogP contribution >= 0.6 is 0 Å². The number of halogens is 3. The van der Waals surface area contributed by atoms with Gasteiger partial charge in [0.15, 0.2) is 5.78 Å². The van der Waals surface area contributed by atoms with Crippen LogP contribution in [0.3, 0.4) is 0 Å². The van der Waals surface area contributed by atoms with Crippen LogP contribution in [0, 0.1) is 0 Å². The number of hydrogen-bond acceptors (Lipinski definition) is 3. The number of hydrogen-bond donors (Lipinski definition) is 0. The van der Waals surface area contributed by atoms with E-state index >= 15 is 0 Å². The first-order valence-electron chi connectivity index (χ1n) is 4.58. The molecule has 0 atom stereocenters. The maximum Gasteiger partial charge on any atom is 0.411 e. The van der Waals surface area contributed by atoms with E-state index in [1.165, 1.54) is 13.8 Å². The van der Waals surface area contributed by atoms with Gasteiger partial charge in [0, 0.05) is 6.42 Å². The molecule has 3 nitrogen and oxygen atoms in total. The Hall–Kier alpha value is -1.17. The van der Waals surface area contributed by atoms with E-state index in [2.05, 4.69) is 4.74 Å². The van der Waals surface area contributed by atoms with Gasteiger partial charge in [0.2, 0.25) is 0 Å². The zero-order valence-corrected chi connectivity index (χ0v) is 9.06. The molecule has 0 saturated carbocycles. The molecule has 0 amide bonds. The molecular formula is C10H13F3O3. The number of alkyl halides is 3. The molecule has 0 N–H and O–H groups in total. The van der Waals surface area contributed by atoms with Crippen LogP contribution in [0.25, 0.3) is 0 Å². The predicted molar refractivity (Wildman–Crippen MR) is 50.9 cm³/mol. The number of aldehydes is 1. The molecule has 0 heterocycles. The van der Waals surface area contributed by atoms with Crippen LogP contribution < -0.4 is 0 Å². The summed E-state index contributed by atoms with van der Waals surface area (Å²) in [5.41, 5.74) is 0.534. The van der Waals surface area contributed by atoms with Crippen LogP contribution in [0.4, 0.5) is 13.2 Å². The summed E-state index contributed by atoms with van der Waals surface area (Å²) in [5, 5.41) is 0. The van der Waals surface area contributed by atoms with Crippen molar-refractivity contribution in [2.45, 2.75) is 26.4 Å². The van der Waals surface area contributed by atoms with Gasteiger partial charge in [-0.3, -0.25) is 9.59 Å². The molecule has 92 valence electrons. The van der Waals surface area contributed by atoms with Gasteiger partial charge < -0.3 is 4.74 Å². The number of carbonyl (C=O) groups excluding carboxylic acids is 2. The Balaban J connectivity index is 3.97. The van der Waals surface area contributed by atoms with Crippen LogP contribution in [0.15, 0.2) is 11.1 Å². The Labute approximate surface area is 91.3 Å². The number of ketones is 1. The Morgan fingerprint density at radius 3 is 2.31 bits per heavy atom. The van der Waals surface area contributed by atoms with E-state index in [0.29, 0.717) is 6.29 Å². The summed E-state index contributed by atoms with van der Waals surface area (Å²) >= 11 is 0. The lowest BCUT2D eigenvalue weighted by Crippen LogP contribution is -2.18. The topological polar surface area (TPSA) is 43.4 Å². The van der Waals surface area contributed by atoms with E-state index in [1.807, 2.05) is 0 Å². The molecule has 0 radical (unpaired) electrons. The van der Waals surface area contributed by atoms with Gasteiger partial charge in [-0.15, -0.1) is 0 Å². The molecule has 0 aromatic carbocycles. The lowest BCUT2D eigenvalue weighted by atomic mass is 10.1. The number of allylic oxidation sites excluding steroid dienone is 2. The molecule has 0 aromatic rings. The lowest BCUT2D eigenvalue weighted by Gasteiger charge is -2.07. The van der Waals surface area contributed by atoms with E-state index in [1.54, 1.807) is 0 Å². The molecule has 16 heavy (non-hydrogen) atoms. The van der Waals surface area contributed by atoms with Crippen LogP contribution in [-0.4, -0.2) is 31.5 Å². The summed E-state index contributed by atoms with van der Waals surface area (Å²) in [6.07, 6.45) is -4.01. The van der Waals surface area contributed by atoms with Crippen LogP contribution in [0.5, 0.6) is 0 Å². The molecule has 0 aromatic heterocycles. The molecule has 0 bridgehead atoms. The highest BCUT2D eigenvalue weighted by molar-refractivity contribution is 5.99. The zero-order valence-electron chi connectivity index (χ0n) is 9.06. The van der Waals surface area contributed by atoms with Crippen molar-refractivity contribution in [3.05, 3.63) is 11.1 Å². The minimum absolute atomic E-state index is 0.160. The number of ether oxygens (including phenoxy) is 1. The zero-order chi connectivity index (χ0) is 12.8. The fourth-order valence-corrected chi connectivity index (χ4v) is 0.849. The van der Waals surface area contributed by atoms with Crippen molar-refractivity contribution in [1.82, 2.24) is 0 Å². The highest BCUT2D eigenvalue weighted by Crippen LogP contribution is 2.14. The van der Waals surface area contributed by atoms with E-state index < -0.39 is 12.8 Å². The second-order valence-corrected chi connectivity index (χ2v) is 3.27. The summed E-state index contributed by atoms with van der Waals surface area (Å²) in [5.74, 6) is -0.383. The summed E-state index contributed by atoms with van der Waals surface area (Å²) in [6, 6.07) is 0. The molecule has 0 rings (SSSR count). The molecule has 6 heteroatoms. The normalized spacial score (nSPS) is 13.3. The van der Waals surface area contributed by atoms with Crippen LogP contribution in [0.2, 0.25) is 0 Å². The smallest absolute Gasteiger partial charge is 0.372 e. The third-order valence-electron chi connectivity index (χ3n) is 1.93. The third-order valence-corrected chi connectivity index (χ3v) is 1.93. The summed E-state index contributed by atoms with van der Waals surface area (Å²) in [7, 11) is 0. The Bertz CT molecular complexity index is 292. The average molecular weight is 238 g/mol. The Kier molecular flexibility index (Phi) is 5.95. The minimum Gasteiger partial charge on any atom is -0.372 e. The molecule has 0 aliphatic rings. The number of rotatable bonds is 6. The standard InChI is InChI=1S/C10H13F3O3/c1-7(5-14)8(2)9(15)3-4-16-6-10(11,12)13/h5H,3-4,6H2,1-2H3/b8-7-. The van der Waals surface area contributed by atoms with Gasteiger partial charge in [0.05, 0.1) is 6.61 Å². The fraction of sp³-hybridized carbons (Fsp3) is 0.600. The van der Waals surface area contributed by atoms with Crippen molar-refractivity contribution in [2.24, 2.45) is 0 Å². The summed E-state index contributed by atoms with van der Waals surface area (Å²) < 4.78 is 39.2. The van der Waals surface area contributed by atoms with Crippen molar-refractivity contribution >= 4 is 12.1 Å². The average Bonchev–Trinajstić information content (AvgIpc) is 2.20. The van der Waals surface area contributed by atoms with Crippen molar-refractivity contribution in [1.29, 1.82) is 0 Å². The predicted octanol–water partition coefficient (Wildman–Crippen LogP) is 2.06.